The number of phenols is 1. The largest absolute Gasteiger partial charge is 0.507 e. The Morgan fingerprint density at radius 2 is 1.63 bits per heavy atom. The van der Waals surface area contributed by atoms with Crippen molar-refractivity contribution in [1.29, 1.82) is 0 Å². The minimum atomic E-state index is -0.538. The summed E-state index contributed by atoms with van der Waals surface area (Å²) in [5.41, 5.74) is 1.67. The van der Waals surface area contributed by atoms with Gasteiger partial charge in [-0.25, -0.2) is 0 Å². The summed E-state index contributed by atoms with van der Waals surface area (Å²) in [4.78, 5) is 13.8. The summed E-state index contributed by atoms with van der Waals surface area (Å²) >= 11 is 0. The highest BCUT2D eigenvalue weighted by atomic mass is 16.7. The SMILES string of the molecule is COCOc1ccc(-c2oc3cc(OCOC)c(C/C=C(\C)CC[C@H]4OC4(C)C)c(O)c3c(=O)c2OCOC)cc1. The number of allylic oxidation sites excluding steroid dienone is 2. The van der Waals surface area contributed by atoms with Gasteiger partial charge in [0.2, 0.25) is 11.2 Å². The van der Waals surface area contributed by atoms with E-state index in [1.54, 1.807) is 30.3 Å². The first-order valence-electron chi connectivity index (χ1n) is 13.3. The van der Waals surface area contributed by atoms with Crippen molar-refractivity contribution < 1.29 is 42.7 Å². The fraction of sp³-hybridized carbons (Fsp3) is 0.452. The third kappa shape index (κ3) is 7.20. The predicted molar refractivity (Wildman–Crippen MR) is 153 cm³/mol. The smallest absolute Gasteiger partial charge is 0.239 e. The Morgan fingerprint density at radius 1 is 1.00 bits per heavy atom. The number of fused-ring (bicyclic) bond motifs is 1. The van der Waals surface area contributed by atoms with Gasteiger partial charge in [0.25, 0.3) is 0 Å². The van der Waals surface area contributed by atoms with Crippen LogP contribution in [0.15, 0.2) is 51.2 Å². The van der Waals surface area contributed by atoms with Gasteiger partial charge in [-0.05, 0) is 64.3 Å². The van der Waals surface area contributed by atoms with Crippen molar-refractivity contribution in [3.05, 3.63) is 57.8 Å². The van der Waals surface area contributed by atoms with Crippen LogP contribution in [0.4, 0.5) is 0 Å². The van der Waals surface area contributed by atoms with E-state index >= 15 is 0 Å². The molecule has 0 unspecified atom stereocenters. The number of hydrogen-bond acceptors (Lipinski definition) is 10. The summed E-state index contributed by atoms with van der Waals surface area (Å²) in [5, 5.41) is 11.4. The number of hydrogen-bond donors (Lipinski definition) is 1. The number of ether oxygens (including phenoxy) is 7. The summed E-state index contributed by atoms with van der Waals surface area (Å²) in [6, 6.07) is 8.49. The van der Waals surface area contributed by atoms with Gasteiger partial charge in [-0.2, -0.15) is 0 Å². The van der Waals surface area contributed by atoms with E-state index in [1.165, 1.54) is 21.3 Å². The molecule has 2 heterocycles. The Hall–Kier alpha value is -3.57. The van der Waals surface area contributed by atoms with Crippen LogP contribution in [-0.2, 0) is 25.4 Å². The highest BCUT2D eigenvalue weighted by molar-refractivity contribution is 5.90. The topological polar surface area (TPSA) is 118 Å². The molecular formula is C31H38O10. The number of aromatic hydroxyl groups is 1. The highest BCUT2D eigenvalue weighted by Gasteiger charge is 2.46. The minimum Gasteiger partial charge on any atom is -0.507 e. The van der Waals surface area contributed by atoms with E-state index in [0.717, 1.165) is 18.4 Å². The summed E-state index contributed by atoms with van der Waals surface area (Å²) < 4.78 is 43.9. The third-order valence-corrected chi connectivity index (χ3v) is 6.91. The molecule has 10 nitrogen and oxygen atoms in total. The monoisotopic (exact) mass is 570 g/mol. The Morgan fingerprint density at radius 3 is 2.27 bits per heavy atom. The van der Waals surface area contributed by atoms with E-state index < -0.39 is 5.43 Å². The molecule has 0 bridgehead atoms. The second kappa shape index (κ2) is 13.4. The molecule has 0 aliphatic carbocycles. The molecule has 1 N–H and O–H groups in total. The standard InChI is InChI=1S/C31H38O10/c1-19(8-14-25-31(2,3)41-25)7-13-22-23(38-17-35-5)15-24-26(27(22)32)28(33)30(39-18-36-6)29(40-24)20-9-11-21(12-10-20)37-16-34-4/h7,9-12,15,25,32H,8,13-14,16-18H2,1-6H3/b19-7+/t25-/m1/s1. The molecular weight excluding hydrogens is 532 g/mol. The van der Waals surface area contributed by atoms with Crippen LogP contribution in [0.3, 0.4) is 0 Å². The van der Waals surface area contributed by atoms with E-state index in [0.29, 0.717) is 29.0 Å². The summed E-state index contributed by atoms with van der Waals surface area (Å²) in [6.45, 7) is 6.05. The van der Waals surface area contributed by atoms with E-state index in [9.17, 15) is 9.90 Å². The Kier molecular flexibility index (Phi) is 9.93. The maximum Gasteiger partial charge on any atom is 0.239 e. The molecule has 2 aromatic carbocycles. The average molecular weight is 571 g/mol. The van der Waals surface area contributed by atoms with Crippen molar-refractivity contribution in [2.24, 2.45) is 0 Å². The lowest BCUT2D eigenvalue weighted by atomic mass is 10.00. The van der Waals surface area contributed by atoms with Crippen molar-refractivity contribution in [1.82, 2.24) is 0 Å². The average Bonchev–Trinajstić information content (AvgIpc) is 3.58. The molecule has 1 aliphatic rings. The summed E-state index contributed by atoms with van der Waals surface area (Å²) in [6.07, 6.45) is 4.37. The molecule has 4 rings (SSSR count). The molecule has 1 fully saturated rings. The van der Waals surface area contributed by atoms with Gasteiger partial charge in [-0.1, -0.05) is 11.6 Å². The second-order valence-electron chi connectivity index (χ2n) is 10.3. The fourth-order valence-electron chi connectivity index (χ4n) is 4.53. The van der Waals surface area contributed by atoms with E-state index in [2.05, 4.69) is 13.8 Å². The molecule has 3 aromatic rings. The van der Waals surface area contributed by atoms with Crippen molar-refractivity contribution in [3.8, 4) is 34.3 Å². The van der Waals surface area contributed by atoms with Crippen molar-refractivity contribution in [2.45, 2.75) is 51.7 Å². The van der Waals surface area contributed by atoms with Crippen LogP contribution in [0.25, 0.3) is 22.3 Å². The quantitative estimate of drug-likeness (QED) is 0.141. The number of benzene rings is 2. The number of rotatable bonds is 15. The van der Waals surface area contributed by atoms with Gasteiger partial charge in [0, 0.05) is 38.5 Å². The Labute approximate surface area is 239 Å². The molecule has 10 heteroatoms. The Balaban J connectivity index is 1.75. The zero-order valence-corrected chi connectivity index (χ0v) is 24.4. The number of methoxy groups -OCH3 is 3. The van der Waals surface area contributed by atoms with Crippen LogP contribution in [0, 0.1) is 0 Å². The van der Waals surface area contributed by atoms with Crippen LogP contribution in [0.5, 0.6) is 23.0 Å². The second-order valence-corrected chi connectivity index (χ2v) is 10.3. The highest BCUT2D eigenvalue weighted by Crippen LogP contribution is 2.41. The van der Waals surface area contributed by atoms with Gasteiger partial charge in [-0.3, -0.25) is 4.79 Å². The number of epoxide rings is 1. The summed E-state index contributed by atoms with van der Waals surface area (Å²) in [7, 11) is 4.49. The molecule has 0 radical (unpaired) electrons. The molecule has 0 amide bonds. The normalized spacial score (nSPS) is 16.1. The van der Waals surface area contributed by atoms with Gasteiger partial charge in [0.05, 0.1) is 11.7 Å². The predicted octanol–water partition coefficient (Wildman–Crippen LogP) is 5.56. The molecule has 1 aliphatic heterocycles. The van der Waals surface area contributed by atoms with Gasteiger partial charge < -0.3 is 42.7 Å². The van der Waals surface area contributed by atoms with E-state index in [1.807, 2.05) is 13.0 Å². The van der Waals surface area contributed by atoms with Gasteiger partial charge >= 0.3 is 0 Å². The van der Waals surface area contributed by atoms with Crippen molar-refractivity contribution >= 4 is 11.0 Å². The van der Waals surface area contributed by atoms with Gasteiger partial charge in [0.15, 0.2) is 26.1 Å². The van der Waals surface area contributed by atoms with Gasteiger partial charge in [0.1, 0.15) is 28.2 Å². The number of phenolic OH excluding ortho intramolecular Hbond substituents is 1. The minimum absolute atomic E-state index is 0.0150. The van der Waals surface area contributed by atoms with E-state index in [4.69, 9.17) is 37.6 Å². The molecule has 0 saturated carbocycles. The Bertz CT molecular complexity index is 1420. The van der Waals surface area contributed by atoms with Crippen molar-refractivity contribution in [2.75, 3.05) is 41.7 Å². The van der Waals surface area contributed by atoms with Crippen molar-refractivity contribution in [3.63, 3.8) is 0 Å². The van der Waals surface area contributed by atoms with Gasteiger partial charge in [-0.15, -0.1) is 0 Å². The van der Waals surface area contributed by atoms with E-state index in [-0.39, 0.29) is 60.3 Å². The molecule has 1 saturated heterocycles. The molecule has 0 spiro atoms. The molecule has 41 heavy (non-hydrogen) atoms. The van der Waals surface area contributed by atoms with Crippen LogP contribution < -0.4 is 19.6 Å². The van der Waals surface area contributed by atoms with Crippen LogP contribution >= 0.6 is 0 Å². The molecule has 1 atom stereocenters. The first-order valence-corrected chi connectivity index (χ1v) is 13.3. The lowest BCUT2D eigenvalue weighted by Crippen LogP contribution is -2.13. The lowest BCUT2D eigenvalue weighted by Gasteiger charge is -2.16. The zero-order chi connectivity index (χ0) is 29.6. The first-order chi connectivity index (χ1) is 19.7. The molecule has 1 aromatic heterocycles. The zero-order valence-electron chi connectivity index (χ0n) is 24.4. The molecule has 222 valence electrons. The fourth-order valence-corrected chi connectivity index (χ4v) is 4.53. The summed E-state index contributed by atoms with van der Waals surface area (Å²) in [5.74, 6) is 0.761. The maximum atomic E-state index is 13.8. The maximum absolute atomic E-state index is 13.8. The van der Waals surface area contributed by atoms with Crippen LogP contribution in [0.2, 0.25) is 0 Å². The van der Waals surface area contributed by atoms with Crippen LogP contribution in [0.1, 0.15) is 39.2 Å². The van der Waals surface area contributed by atoms with Crippen LogP contribution in [-0.4, -0.2) is 58.5 Å². The first kappa shape index (κ1) is 30.4. The lowest BCUT2D eigenvalue weighted by molar-refractivity contribution is 0.0493. The third-order valence-electron chi connectivity index (χ3n) is 6.91.